The Morgan fingerprint density at radius 3 is 2.24 bits per heavy atom. The molecule has 0 saturated carbocycles. The van der Waals surface area contributed by atoms with E-state index in [0.717, 1.165) is 16.5 Å². The lowest BCUT2D eigenvalue weighted by atomic mass is 9.79. The van der Waals surface area contributed by atoms with Crippen molar-refractivity contribution >= 4 is 33.7 Å². The van der Waals surface area contributed by atoms with Gasteiger partial charge in [0.05, 0.1) is 0 Å². The number of aromatic amines is 1. The molecule has 0 spiro atoms. The Balaban J connectivity index is 2.48. The van der Waals surface area contributed by atoms with Crippen molar-refractivity contribution in [2.45, 2.75) is 52.4 Å². The predicted molar refractivity (Wildman–Crippen MR) is 88.3 cm³/mol. The molecule has 3 nitrogen and oxygen atoms in total. The number of halogens is 1. The second kappa shape index (κ2) is 4.26. The SMILES string of the molecule is CC(C)(C)c1cc(C(C)(C)C)c2oc3c(Cl)[nH]nc3c2c1. The van der Waals surface area contributed by atoms with Crippen LogP contribution in [0.2, 0.25) is 5.15 Å². The maximum Gasteiger partial charge on any atom is 0.192 e. The molecule has 1 N–H and O–H groups in total. The van der Waals surface area contributed by atoms with Crippen LogP contribution in [-0.4, -0.2) is 10.2 Å². The monoisotopic (exact) mass is 304 g/mol. The molecule has 1 aromatic carbocycles. The molecule has 2 heterocycles. The largest absolute Gasteiger partial charge is 0.451 e. The summed E-state index contributed by atoms with van der Waals surface area (Å²) < 4.78 is 6.02. The number of fused-ring (bicyclic) bond motifs is 3. The van der Waals surface area contributed by atoms with E-state index in [-0.39, 0.29) is 10.8 Å². The first-order valence-electron chi connectivity index (χ1n) is 7.20. The number of nitrogens with zero attached hydrogens (tertiary/aromatic N) is 1. The minimum atomic E-state index is -0.00892. The number of furan rings is 1. The van der Waals surface area contributed by atoms with Gasteiger partial charge in [0.25, 0.3) is 0 Å². The third-order valence-electron chi connectivity index (χ3n) is 3.90. The van der Waals surface area contributed by atoms with Crippen molar-refractivity contribution in [3.05, 3.63) is 28.4 Å². The van der Waals surface area contributed by atoms with E-state index in [2.05, 4.69) is 63.9 Å². The average Bonchev–Trinajstić information content (AvgIpc) is 2.86. The second-order valence-corrected chi connectivity index (χ2v) is 8.10. The standard InChI is InChI=1S/C17H21ClN2O/c1-16(2,3)9-7-10-12-14(15(18)20-19-12)21-13(10)11(8-9)17(4,5)6/h7-8H,1-6H3,(H,19,20). The normalized spacial score (nSPS) is 13.5. The number of H-pyrrole nitrogens is 1. The molecule has 0 unspecified atom stereocenters. The summed E-state index contributed by atoms with van der Waals surface area (Å²) in [6.07, 6.45) is 0. The van der Waals surface area contributed by atoms with Gasteiger partial charge in [0.15, 0.2) is 10.7 Å². The van der Waals surface area contributed by atoms with Gasteiger partial charge < -0.3 is 4.42 Å². The molecule has 0 aliphatic rings. The average molecular weight is 305 g/mol. The molecule has 0 amide bonds. The van der Waals surface area contributed by atoms with Crippen LogP contribution in [-0.2, 0) is 10.8 Å². The fraction of sp³-hybridized carbons (Fsp3) is 0.471. The number of benzene rings is 1. The summed E-state index contributed by atoms with van der Waals surface area (Å²) >= 11 is 6.13. The van der Waals surface area contributed by atoms with Gasteiger partial charge in [-0.3, -0.25) is 5.10 Å². The molecule has 0 saturated heterocycles. The molecule has 21 heavy (non-hydrogen) atoms. The van der Waals surface area contributed by atoms with Gasteiger partial charge in [-0.25, -0.2) is 0 Å². The zero-order chi connectivity index (χ0) is 15.6. The molecule has 3 rings (SSSR count). The lowest BCUT2D eigenvalue weighted by molar-refractivity contribution is 0.559. The van der Waals surface area contributed by atoms with Crippen LogP contribution in [0, 0.1) is 0 Å². The van der Waals surface area contributed by atoms with E-state index < -0.39 is 0 Å². The third-order valence-corrected chi connectivity index (χ3v) is 4.16. The first-order chi connectivity index (χ1) is 9.59. The van der Waals surface area contributed by atoms with Crippen LogP contribution in [0.25, 0.3) is 22.1 Å². The zero-order valence-corrected chi connectivity index (χ0v) is 14.1. The smallest absolute Gasteiger partial charge is 0.192 e. The van der Waals surface area contributed by atoms with Crippen LogP contribution in [0.5, 0.6) is 0 Å². The van der Waals surface area contributed by atoms with Crippen LogP contribution in [0.4, 0.5) is 0 Å². The highest BCUT2D eigenvalue weighted by Gasteiger charge is 2.26. The molecule has 4 heteroatoms. The third kappa shape index (κ3) is 2.24. The van der Waals surface area contributed by atoms with Gasteiger partial charge in [0, 0.05) is 10.9 Å². The van der Waals surface area contributed by atoms with Crippen molar-refractivity contribution in [1.29, 1.82) is 0 Å². The van der Waals surface area contributed by atoms with Crippen molar-refractivity contribution < 1.29 is 4.42 Å². The predicted octanol–water partition coefficient (Wildman–Crippen LogP) is 5.56. The van der Waals surface area contributed by atoms with E-state index in [1.807, 2.05) is 0 Å². The number of rotatable bonds is 0. The Morgan fingerprint density at radius 1 is 1.00 bits per heavy atom. The van der Waals surface area contributed by atoms with E-state index in [4.69, 9.17) is 16.0 Å². The quantitative estimate of drug-likeness (QED) is 0.591. The highest BCUT2D eigenvalue weighted by molar-refractivity contribution is 6.34. The molecule has 112 valence electrons. The number of aromatic nitrogens is 2. The van der Waals surface area contributed by atoms with E-state index in [1.165, 1.54) is 11.1 Å². The molecule has 3 aromatic rings. The number of hydrogen-bond donors (Lipinski definition) is 1. The molecule has 2 aromatic heterocycles. The van der Waals surface area contributed by atoms with Crippen LogP contribution >= 0.6 is 11.6 Å². The van der Waals surface area contributed by atoms with E-state index in [0.29, 0.717) is 10.7 Å². The first kappa shape index (κ1) is 14.5. The number of hydrogen-bond acceptors (Lipinski definition) is 2. The summed E-state index contributed by atoms with van der Waals surface area (Å²) in [5, 5.41) is 8.58. The molecular weight excluding hydrogens is 284 g/mol. The van der Waals surface area contributed by atoms with Gasteiger partial charge in [-0.1, -0.05) is 59.2 Å². The number of nitrogens with one attached hydrogen (secondary N) is 1. The van der Waals surface area contributed by atoms with Gasteiger partial charge in [0.2, 0.25) is 0 Å². The lowest BCUT2D eigenvalue weighted by Gasteiger charge is -2.25. The highest BCUT2D eigenvalue weighted by atomic mass is 35.5. The van der Waals surface area contributed by atoms with Crippen LogP contribution < -0.4 is 0 Å². The molecule has 0 aliphatic heterocycles. The van der Waals surface area contributed by atoms with Gasteiger partial charge in [-0.2, -0.15) is 5.10 Å². The molecule has 0 atom stereocenters. The summed E-state index contributed by atoms with van der Waals surface area (Å²) in [4.78, 5) is 0. The summed E-state index contributed by atoms with van der Waals surface area (Å²) in [5.74, 6) is 0. The lowest BCUT2D eigenvalue weighted by Crippen LogP contribution is -2.16. The van der Waals surface area contributed by atoms with E-state index in [9.17, 15) is 0 Å². The van der Waals surface area contributed by atoms with Crippen LogP contribution in [0.1, 0.15) is 52.7 Å². The summed E-state index contributed by atoms with van der Waals surface area (Å²) in [7, 11) is 0. The Hall–Kier alpha value is -1.48. The van der Waals surface area contributed by atoms with Gasteiger partial charge in [0.1, 0.15) is 11.1 Å². The minimum absolute atomic E-state index is 0.00892. The molecule has 0 bridgehead atoms. The van der Waals surface area contributed by atoms with Crippen LogP contribution in [0.3, 0.4) is 0 Å². The topological polar surface area (TPSA) is 41.8 Å². The van der Waals surface area contributed by atoms with Crippen molar-refractivity contribution in [1.82, 2.24) is 10.2 Å². The fourth-order valence-electron chi connectivity index (χ4n) is 2.59. The van der Waals surface area contributed by atoms with Crippen molar-refractivity contribution in [2.75, 3.05) is 0 Å². The van der Waals surface area contributed by atoms with Gasteiger partial charge in [-0.05, 0) is 22.5 Å². The molecule has 0 radical (unpaired) electrons. The van der Waals surface area contributed by atoms with Crippen LogP contribution in [0.15, 0.2) is 16.5 Å². The zero-order valence-electron chi connectivity index (χ0n) is 13.4. The maximum absolute atomic E-state index is 6.13. The molecule has 0 aliphatic carbocycles. The fourth-order valence-corrected chi connectivity index (χ4v) is 2.76. The Bertz CT molecular complexity index is 828. The Labute approximate surface area is 129 Å². The summed E-state index contributed by atoms with van der Waals surface area (Å²) in [5.41, 5.74) is 4.88. The minimum Gasteiger partial charge on any atom is -0.451 e. The Morgan fingerprint density at radius 2 is 1.67 bits per heavy atom. The highest BCUT2D eigenvalue weighted by Crippen LogP contribution is 2.40. The second-order valence-electron chi connectivity index (χ2n) is 7.72. The van der Waals surface area contributed by atoms with Crippen molar-refractivity contribution in [3.8, 4) is 0 Å². The first-order valence-corrected chi connectivity index (χ1v) is 7.58. The van der Waals surface area contributed by atoms with Crippen molar-refractivity contribution in [2.24, 2.45) is 0 Å². The van der Waals surface area contributed by atoms with Gasteiger partial charge in [-0.15, -0.1) is 0 Å². The van der Waals surface area contributed by atoms with Gasteiger partial charge >= 0.3 is 0 Å². The Kier molecular flexibility index (Phi) is 2.93. The van der Waals surface area contributed by atoms with Crippen molar-refractivity contribution in [3.63, 3.8) is 0 Å². The van der Waals surface area contributed by atoms with E-state index in [1.54, 1.807) is 0 Å². The van der Waals surface area contributed by atoms with E-state index >= 15 is 0 Å². The molecule has 0 fully saturated rings. The maximum atomic E-state index is 6.13. The molecular formula is C17H21ClN2O. The summed E-state index contributed by atoms with van der Waals surface area (Å²) in [6.45, 7) is 13.2. The summed E-state index contributed by atoms with van der Waals surface area (Å²) in [6, 6.07) is 4.43.